The van der Waals surface area contributed by atoms with Crippen LogP contribution in [-0.2, 0) is 0 Å². The van der Waals surface area contributed by atoms with Gasteiger partial charge in [-0.3, -0.25) is 4.90 Å². The van der Waals surface area contributed by atoms with Gasteiger partial charge in [-0.25, -0.2) is 4.39 Å². The van der Waals surface area contributed by atoms with Gasteiger partial charge in [0, 0.05) is 18.0 Å². The Hall–Kier alpha value is -0.110. The molecule has 2 fully saturated rings. The lowest BCUT2D eigenvalue weighted by atomic mass is 10.2. The van der Waals surface area contributed by atoms with Crippen LogP contribution in [0.4, 0.5) is 4.39 Å². The summed E-state index contributed by atoms with van der Waals surface area (Å²) >= 11 is 0. The van der Waals surface area contributed by atoms with Gasteiger partial charge in [-0.2, -0.15) is 0 Å². The third-order valence-electron chi connectivity index (χ3n) is 3.28. The summed E-state index contributed by atoms with van der Waals surface area (Å²) < 4.78 is 13.2. The van der Waals surface area contributed by atoms with Crippen molar-refractivity contribution in [1.29, 1.82) is 0 Å². The van der Waals surface area contributed by atoms with Crippen LogP contribution in [0.2, 0.25) is 0 Å². The van der Waals surface area contributed by atoms with Crippen molar-refractivity contribution >= 4 is 0 Å². The Morgan fingerprint density at radius 3 is 2.75 bits per heavy atom. The minimum Gasteiger partial charge on any atom is -0.295 e. The fourth-order valence-corrected chi connectivity index (χ4v) is 2.50. The Labute approximate surface area is 73.9 Å². The first-order valence-electron chi connectivity index (χ1n) is 5.11. The molecule has 0 spiro atoms. The molecule has 0 aromatic heterocycles. The van der Waals surface area contributed by atoms with Crippen LogP contribution in [0.5, 0.6) is 0 Å². The molecule has 0 unspecified atom stereocenters. The minimum absolute atomic E-state index is 0.285. The lowest BCUT2D eigenvalue weighted by Crippen LogP contribution is -2.35. The van der Waals surface area contributed by atoms with Gasteiger partial charge < -0.3 is 0 Å². The molecule has 1 saturated carbocycles. The van der Waals surface area contributed by atoms with Crippen molar-refractivity contribution in [2.45, 2.75) is 51.4 Å². The predicted molar refractivity (Wildman–Crippen MR) is 47.9 cm³/mol. The lowest BCUT2D eigenvalue weighted by Gasteiger charge is -2.25. The topological polar surface area (TPSA) is 3.24 Å². The van der Waals surface area contributed by atoms with E-state index < -0.39 is 6.17 Å². The highest BCUT2D eigenvalue weighted by Gasteiger charge is 2.54. The van der Waals surface area contributed by atoms with Crippen LogP contribution in [0.25, 0.3) is 0 Å². The van der Waals surface area contributed by atoms with Gasteiger partial charge >= 0.3 is 0 Å². The molecule has 2 aliphatic rings. The molecule has 2 rings (SSSR count). The maximum Gasteiger partial charge on any atom is 0.120 e. The second-order valence-corrected chi connectivity index (χ2v) is 4.43. The van der Waals surface area contributed by atoms with Gasteiger partial charge in [-0.15, -0.1) is 0 Å². The van der Waals surface area contributed by atoms with Gasteiger partial charge in [-0.1, -0.05) is 6.42 Å². The fourth-order valence-electron chi connectivity index (χ4n) is 2.50. The van der Waals surface area contributed by atoms with E-state index in [0.717, 1.165) is 13.0 Å². The number of likely N-dealkylation sites (tertiary alicyclic amines) is 1. The third kappa shape index (κ3) is 1.26. The van der Waals surface area contributed by atoms with Crippen molar-refractivity contribution < 1.29 is 4.39 Å². The van der Waals surface area contributed by atoms with E-state index in [-0.39, 0.29) is 6.04 Å². The van der Waals surface area contributed by atoms with Crippen molar-refractivity contribution in [2.75, 3.05) is 6.54 Å². The Morgan fingerprint density at radius 2 is 2.08 bits per heavy atom. The summed E-state index contributed by atoms with van der Waals surface area (Å²) in [7, 11) is 0. The van der Waals surface area contributed by atoms with Crippen molar-refractivity contribution in [2.24, 2.45) is 5.92 Å². The summed E-state index contributed by atoms with van der Waals surface area (Å²) in [5.41, 5.74) is 0. The molecular weight excluding hydrogens is 153 g/mol. The molecule has 1 aliphatic heterocycles. The Bertz CT molecular complexity index is 169. The Kier molecular flexibility index (Phi) is 2.11. The normalized spacial score (nSPS) is 42.5. The smallest absolute Gasteiger partial charge is 0.120 e. The van der Waals surface area contributed by atoms with E-state index in [1.807, 2.05) is 0 Å². The molecular formula is C10H18FN. The SMILES string of the molecule is CC(C)N1CCCC[C@@H]2[C@H](F)[C@@H]21. The number of rotatable bonds is 1. The maximum atomic E-state index is 13.2. The Balaban J connectivity index is 2.02. The predicted octanol–water partition coefficient (Wildman–Crippen LogP) is 2.22. The zero-order chi connectivity index (χ0) is 8.72. The van der Waals surface area contributed by atoms with E-state index in [0.29, 0.717) is 12.0 Å². The van der Waals surface area contributed by atoms with Gasteiger partial charge in [-0.05, 0) is 33.2 Å². The first-order chi connectivity index (χ1) is 5.72. The summed E-state index contributed by atoms with van der Waals surface area (Å²) in [4.78, 5) is 2.35. The van der Waals surface area contributed by atoms with E-state index in [2.05, 4.69) is 18.7 Å². The Morgan fingerprint density at radius 1 is 1.33 bits per heavy atom. The van der Waals surface area contributed by atoms with Gasteiger partial charge in [0.1, 0.15) is 6.17 Å². The number of halogens is 1. The summed E-state index contributed by atoms with van der Waals surface area (Å²) in [6.45, 7) is 5.46. The molecule has 0 amide bonds. The number of fused-ring (bicyclic) bond motifs is 1. The number of hydrogen-bond donors (Lipinski definition) is 0. The first-order valence-corrected chi connectivity index (χ1v) is 5.11. The molecule has 0 radical (unpaired) electrons. The molecule has 1 saturated heterocycles. The van der Waals surface area contributed by atoms with Crippen LogP contribution in [0.1, 0.15) is 33.1 Å². The molecule has 0 N–H and O–H groups in total. The van der Waals surface area contributed by atoms with Crippen LogP contribution >= 0.6 is 0 Å². The van der Waals surface area contributed by atoms with Crippen molar-refractivity contribution in [3.63, 3.8) is 0 Å². The molecule has 3 atom stereocenters. The minimum atomic E-state index is -0.507. The number of nitrogens with zero attached hydrogens (tertiary/aromatic N) is 1. The number of hydrogen-bond acceptors (Lipinski definition) is 1. The fraction of sp³-hybridized carbons (Fsp3) is 1.00. The van der Waals surface area contributed by atoms with Crippen LogP contribution in [-0.4, -0.2) is 29.7 Å². The highest BCUT2D eigenvalue weighted by atomic mass is 19.1. The largest absolute Gasteiger partial charge is 0.295 e. The molecule has 1 heterocycles. The monoisotopic (exact) mass is 171 g/mol. The summed E-state index contributed by atoms with van der Waals surface area (Å²) in [5, 5.41) is 0. The molecule has 12 heavy (non-hydrogen) atoms. The van der Waals surface area contributed by atoms with Crippen molar-refractivity contribution in [3.05, 3.63) is 0 Å². The molecule has 70 valence electrons. The zero-order valence-corrected chi connectivity index (χ0v) is 7.96. The average Bonchev–Trinajstić information content (AvgIpc) is 2.67. The van der Waals surface area contributed by atoms with E-state index in [9.17, 15) is 4.39 Å². The molecule has 0 aromatic carbocycles. The maximum absolute atomic E-state index is 13.2. The van der Waals surface area contributed by atoms with Crippen LogP contribution in [0.15, 0.2) is 0 Å². The molecule has 1 nitrogen and oxygen atoms in total. The molecule has 2 heteroatoms. The van der Waals surface area contributed by atoms with Gasteiger partial charge in [0.2, 0.25) is 0 Å². The van der Waals surface area contributed by atoms with Gasteiger partial charge in [0.25, 0.3) is 0 Å². The second kappa shape index (κ2) is 2.99. The van der Waals surface area contributed by atoms with E-state index in [1.54, 1.807) is 0 Å². The standard InChI is InChI=1S/C10H18FN/c1-7(2)12-6-4-3-5-8-9(11)10(8)12/h7-10H,3-6H2,1-2H3/t8-,9+,10-/m1/s1. The molecule has 1 aliphatic carbocycles. The average molecular weight is 171 g/mol. The van der Waals surface area contributed by atoms with Gasteiger partial charge in [0.05, 0.1) is 0 Å². The van der Waals surface area contributed by atoms with E-state index >= 15 is 0 Å². The molecule has 0 aromatic rings. The highest BCUT2D eigenvalue weighted by molar-refractivity contribution is 5.07. The van der Waals surface area contributed by atoms with Gasteiger partial charge in [0.15, 0.2) is 0 Å². The summed E-state index contributed by atoms with van der Waals surface area (Å²) in [6, 6.07) is 0.809. The van der Waals surface area contributed by atoms with Crippen LogP contribution < -0.4 is 0 Å². The second-order valence-electron chi connectivity index (χ2n) is 4.43. The third-order valence-corrected chi connectivity index (χ3v) is 3.28. The van der Waals surface area contributed by atoms with Crippen molar-refractivity contribution in [3.8, 4) is 0 Å². The van der Waals surface area contributed by atoms with E-state index in [1.165, 1.54) is 12.8 Å². The summed E-state index contributed by atoms with van der Waals surface area (Å²) in [5.74, 6) is 0.384. The van der Waals surface area contributed by atoms with Crippen molar-refractivity contribution in [1.82, 2.24) is 4.90 Å². The summed E-state index contributed by atoms with van der Waals surface area (Å²) in [6.07, 6.45) is 3.10. The number of alkyl halides is 1. The van der Waals surface area contributed by atoms with Crippen LogP contribution in [0.3, 0.4) is 0 Å². The highest BCUT2D eigenvalue weighted by Crippen LogP contribution is 2.45. The van der Waals surface area contributed by atoms with E-state index in [4.69, 9.17) is 0 Å². The lowest BCUT2D eigenvalue weighted by molar-refractivity contribution is 0.192. The zero-order valence-electron chi connectivity index (χ0n) is 7.96. The molecule has 0 bridgehead atoms. The first kappa shape index (κ1) is 8.49. The quantitative estimate of drug-likeness (QED) is 0.584. The van der Waals surface area contributed by atoms with Crippen LogP contribution in [0, 0.1) is 5.92 Å².